The molecule has 4 atom stereocenters. The van der Waals surface area contributed by atoms with Crippen LogP contribution in [0.25, 0.3) is 11.1 Å². The van der Waals surface area contributed by atoms with E-state index in [4.69, 9.17) is 5.73 Å². The standard InChI is InChI=1S/C31H26F5N5O2/c1-14-20-12-24-27(26(14)20)29(30(35)36)40-41(24)13-25(42)39-23(9-15-7-17(32)11-18(33)8-15)28-19(3-2-6-38-28)16-4-5-22(34)21(10-16)31(37)43/h2-8,10-11,14,20,23,26,30H,9,12-13H2,1H3,(H2,37,43)(H,39,42)/t14-,20?,23-,26?/m0/s1. The molecule has 3 N–H and O–H groups in total. The third kappa shape index (κ3) is 5.37. The number of aromatic nitrogens is 3. The van der Waals surface area contributed by atoms with Crippen molar-refractivity contribution >= 4 is 11.8 Å². The van der Waals surface area contributed by atoms with E-state index >= 15 is 0 Å². The van der Waals surface area contributed by atoms with Crippen LogP contribution in [0.2, 0.25) is 0 Å². The van der Waals surface area contributed by atoms with Crippen molar-refractivity contribution in [2.45, 2.75) is 44.7 Å². The molecule has 0 spiro atoms. The van der Waals surface area contributed by atoms with E-state index in [1.165, 1.54) is 23.0 Å². The van der Waals surface area contributed by atoms with Gasteiger partial charge in [0.2, 0.25) is 5.91 Å². The van der Waals surface area contributed by atoms with Gasteiger partial charge in [-0.15, -0.1) is 0 Å². The van der Waals surface area contributed by atoms with E-state index in [1.807, 2.05) is 6.92 Å². The van der Waals surface area contributed by atoms with Gasteiger partial charge in [0.15, 0.2) is 0 Å². The largest absolute Gasteiger partial charge is 0.366 e. The summed E-state index contributed by atoms with van der Waals surface area (Å²) in [5.41, 5.74) is 7.06. The zero-order valence-corrected chi connectivity index (χ0v) is 22.8. The van der Waals surface area contributed by atoms with Gasteiger partial charge in [0.25, 0.3) is 12.3 Å². The topological polar surface area (TPSA) is 103 Å². The van der Waals surface area contributed by atoms with Crippen molar-refractivity contribution in [3.8, 4) is 11.1 Å². The maximum Gasteiger partial charge on any atom is 0.282 e. The molecule has 0 bridgehead atoms. The molecule has 2 aromatic carbocycles. The second kappa shape index (κ2) is 10.9. The Morgan fingerprint density at radius 1 is 1.07 bits per heavy atom. The van der Waals surface area contributed by atoms with E-state index in [2.05, 4.69) is 15.4 Å². The van der Waals surface area contributed by atoms with Crippen molar-refractivity contribution in [2.75, 3.05) is 0 Å². The predicted molar refractivity (Wildman–Crippen MR) is 145 cm³/mol. The molecule has 1 saturated carbocycles. The third-order valence-corrected chi connectivity index (χ3v) is 8.36. The molecule has 2 aliphatic rings. The zero-order valence-electron chi connectivity index (χ0n) is 22.8. The van der Waals surface area contributed by atoms with E-state index in [-0.39, 0.29) is 53.2 Å². The Morgan fingerprint density at radius 3 is 2.51 bits per heavy atom. The molecule has 2 aliphatic carbocycles. The lowest BCUT2D eigenvalue weighted by atomic mass is 9.94. The minimum absolute atomic E-state index is 0.0171. The molecule has 4 aromatic rings. The summed E-state index contributed by atoms with van der Waals surface area (Å²) in [5.74, 6) is -3.45. The van der Waals surface area contributed by atoms with Crippen molar-refractivity contribution in [3.05, 3.63) is 106 Å². The number of amides is 2. The van der Waals surface area contributed by atoms with Crippen LogP contribution in [0.4, 0.5) is 22.0 Å². The number of nitrogens with zero attached hydrogens (tertiary/aromatic N) is 3. The summed E-state index contributed by atoms with van der Waals surface area (Å²) in [6.45, 7) is 1.65. The highest BCUT2D eigenvalue weighted by Crippen LogP contribution is 2.62. The number of hydrogen-bond donors (Lipinski definition) is 2. The fourth-order valence-corrected chi connectivity index (χ4v) is 6.34. The van der Waals surface area contributed by atoms with Gasteiger partial charge in [-0.3, -0.25) is 19.3 Å². The van der Waals surface area contributed by atoms with E-state index < -0.39 is 41.7 Å². The molecule has 0 aliphatic heterocycles. The van der Waals surface area contributed by atoms with E-state index in [1.54, 1.807) is 12.1 Å². The number of benzene rings is 2. The molecule has 6 rings (SSSR count). The molecular weight excluding hydrogens is 569 g/mol. The van der Waals surface area contributed by atoms with Crippen LogP contribution in [0, 0.1) is 29.3 Å². The van der Waals surface area contributed by atoms with Crippen molar-refractivity contribution in [1.82, 2.24) is 20.1 Å². The lowest BCUT2D eigenvalue weighted by Crippen LogP contribution is -2.34. The molecule has 12 heteroatoms. The number of hydrogen-bond acceptors (Lipinski definition) is 4. The molecule has 2 amide bonds. The van der Waals surface area contributed by atoms with Crippen LogP contribution in [0.5, 0.6) is 0 Å². The van der Waals surface area contributed by atoms with Crippen molar-refractivity contribution in [3.63, 3.8) is 0 Å². The summed E-state index contributed by atoms with van der Waals surface area (Å²) >= 11 is 0. The molecular formula is C31H26F5N5O2. The van der Waals surface area contributed by atoms with Crippen LogP contribution in [-0.4, -0.2) is 26.6 Å². The highest BCUT2D eigenvalue weighted by Gasteiger charge is 2.56. The minimum Gasteiger partial charge on any atom is -0.366 e. The molecule has 43 heavy (non-hydrogen) atoms. The van der Waals surface area contributed by atoms with Crippen molar-refractivity contribution < 1.29 is 31.5 Å². The molecule has 0 saturated heterocycles. The summed E-state index contributed by atoms with van der Waals surface area (Å²) in [4.78, 5) is 29.7. The number of rotatable bonds is 9. The first-order chi connectivity index (χ1) is 20.5. The van der Waals surface area contributed by atoms with Crippen LogP contribution in [-0.2, 0) is 24.2 Å². The van der Waals surface area contributed by atoms with Crippen LogP contribution < -0.4 is 11.1 Å². The molecule has 2 aromatic heterocycles. The second-order valence-electron chi connectivity index (χ2n) is 11.1. The Morgan fingerprint density at radius 2 is 1.81 bits per heavy atom. The second-order valence-corrected chi connectivity index (χ2v) is 11.1. The fraction of sp³-hybridized carbons (Fsp3) is 0.290. The van der Waals surface area contributed by atoms with Crippen LogP contribution in [0.3, 0.4) is 0 Å². The van der Waals surface area contributed by atoms with E-state index in [0.717, 1.165) is 24.3 Å². The summed E-state index contributed by atoms with van der Waals surface area (Å²) in [6.07, 6.45) is -0.879. The highest BCUT2D eigenvalue weighted by atomic mass is 19.3. The molecule has 1 fully saturated rings. The fourth-order valence-electron chi connectivity index (χ4n) is 6.34. The van der Waals surface area contributed by atoms with Gasteiger partial charge in [0.05, 0.1) is 17.3 Å². The smallest absolute Gasteiger partial charge is 0.282 e. The van der Waals surface area contributed by atoms with Crippen LogP contribution >= 0.6 is 0 Å². The number of carbonyl (C=O) groups is 2. The highest BCUT2D eigenvalue weighted by molar-refractivity contribution is 5.94. The molecule has 2 unspecified atom stereocenters. The Kier molecular flexibility index (Phi) is 7.23. The number of nitrogens with two attached hydrogens (primary N) is 1. The number of fused-ring (bicyclic) bond motifs is 3. The Hall–Kier alpha value is -4.61. The van der Waals surface area contributed by atoms with Crippen LogP contribution in [0.1, 0.15) is 63.9 Å². The Balaban J connectivity index is 1.35. The summed E-state index contributed by atoms with van der Waals surface area (Å²) < 4.78 is 71.4. The summed E-state index contributed by atoms with van der Waals surface area (Å²) in [6, 6.07) is 8.96. The van der Waals surface area contributed by atoms with Gasteiger partial charge < -0.3 is 11.1 Å². The number of carbonyl (C=O) groups excluding carboxylic acids is 2. The van der Waals surface area contributed by atoms with Gasteiger partial charge in [0, 0.05) is 29.1 Å². The zero-order chi connectivity index (χ0) is 30.6. The average molecular weight is 596 g/mol. The Labute approximate surface area is 242 Å². The average Bonchev–Trinajstić information content (AvgIpc) is 3.25. The number of alkyl halides is 2. The first-order valence-electron chi connectivity index (χ1n) is 13.7. The van der Waals surface area contributed by atoms with Crippen molar-refractivity contribution in [1.29, 1.82) is 0 Å². The van der Waals surface area contributed by atoms with E-state index in [9.17, 15) is 31.5 Å². The van der Waals surface area contributed by atoms with Gasteiger partial charge in [-0.05, 0) is 72.1 Å². The third-order valence-electron chi connectivity index (χ3n) is 8.36. The monoisotopic (exact) mass is 595 g/mol. The van der Waals surface area contributed by atoms with Gasteiger partial charge in [-0.2, -0.15) is 5.10 Å². The van der Waals surface area contributed by atoms with Gasteiger partial charge in [0.1, 0.15) is 29.7 Å². The predicted octanol–water partition coefficient (Wildman–Crippen LogP) is 5.40. The molecule has 2 heterocycles. The molecule has 0 radical (unpaired) electrons. The number of halogens is 5. The lowest BCUT2D eigenvalue weighted by Gasteiger charge is -2.22. The first-order valence-corrected chi connectivity index (χ1v) is 13.7. The van der Waals surface area contributed by atoms with Crippen LogP contribution in [0.15, 0.2) is 54.7 Å². The maximum absolute atomic E-state index is 14.2. The van der Waals surface area contributed by atoms with Gasteiger partial charge >= 0.3 is 0 Å². The maximum atomic E-state index is 14.2. The normalized spacial score (nSPS) is 19.2. The SMILES string of the molecule is C[C@H]1C2Cc3c(c(C(F)F)nn3CC(=O)N[C@@H](Cc3cc(F)cc(F)c3)c3ncccc3-c3ccc(F)c(C(N)=O)c3)C21. The first kappa shape index (κ1) is 28.5. The number of pyridine rings is 1. The number of primary amides is 1. The quantitative estimate of drug-likeness (QED) is 0.253. The summed E-state index contributed by atoms with van der Waals surface area (Å²) in [7, 11) is 0. The minimum atomic E-state index is -2.78. The van der Waals surface area contributed by atoms with E-state index in [0.29, 0.717) is 28.8 Å². The Bertz CT molecular complexity index is 1740. The van der Waals surface area contributed by atoms with Gasteiger partial charge in [-0.25, -0.2) is 22.0 Å². The number of nitrogens with one attached hydrogen (secondary N) is 1. The summed E-state index contributed by atoms with van der Waals surface area (Å²) in [5, 5.41) is 6.91. The molecule has 222 valence electrons. The molecule has 7 nitrogen and oxygen atoms in total. The van der Waals surface area contributed by atoms with Crippen molar-refractivity contribution in [2.24, 2.45) is 17.6 Å². The van der Waals surface area contributed by atoms with Gasteiger partial charge in [-0.1, -0.05) is 19.1 Å². The lowest BCUT2D eigenvalue weighted by molar-refractivity contribution is -0.122.